The van der Waals surface area contributed by atoms with Crippen molar-refractivity contribution in [1.29, 1.82) is 0 Å². The van der Waals surface area contributed by atoms with Crippen molar-refractivity contribution in [2.75, 3.05) is 26.7 Å². The molecule has 3 nitrogen and oxygen atoms in total. The van der Waals surface area contributed by atoms with Crippen LogP contribution in [0.15, 0.2) is 5.51 Å². The second kappa shape index (κ2) is 9.48. The zero-order chi connectivity index (χ0) is 13.2. The van der Waals surface area contributed by atoms with E-state index in [0.717, 1.165) is 13.1 Å². The maximum absolute atomic E-state index is 4.29. The molecule has 0 aromatic carbocycles. The highest BCUT2D eigenvalue weighted by Crippen LogP contribution is 2.14. The lowest BCUT2D eigenvalue weighted by Gasteiger charge is -2.15. The summed E-state index contributed by atoms with van der Waals surface area (Å²) in [5.74, 6) is 0. The van der Waals surface area contributed by atoms with Gasteiger partial charge in [-0.3, -0.25) is 0 Å². The fourth-order valence-electron chi connectivity index (χ4n) is 1.96. The molecule has 1 aromatic heterocycles. The molecule has 0 saturated heterocycles. The van der Waals surface area contributed by atoms with Crippen LogP contribution in [0, 0.1) is 6.92 Å². The van der Waals surface area contributed by atoms with Gasteiger partial charge < -0.3 is 10.2 Å². The summed E-state index contributed by atoms with van der Waals surface area (Å²) in [5, 5.41) is 3.37. The maximum atomic E-state index is 4.29. The first-order chi connectivity index (χ1) is 8.74. The van der Waals surface area contributed by atoms with E-state index in [9.17, 15) is 0 Å². The highest BCUT2D eigenvalue weighted by Gasteiger charge is 2.05. The van der Waals surface area contributed by atoms with E-state index in [-0.39, 0.29) is 0 Å². The number of unbranched alkanes of at least 4 members (excludes halogenated alkanes) is 3. The molecule has 4 heteroatoms. The highest BCUT2D eigenvalue weighted by molar-refractivity contribution is 7.09. The summed E-state index contributed by atoms with van der Waals surface area (Å²) in [6, 6.07) is 0. The molecule has 0 fully saturated rings. The van der Waals surface area contributed by atoms with Gasteiger partial charge in [0.05, 0.1) is 11.2 Å². The third-order valence-corrected chi connectivity index (χ3v) is 4.07. The van der Waals surface area contributed by atoms with Gasteiger partial charge in [0.25, 0.3) is 0 Å². The van der Waals surface area contributed by atoms with Crippen molar-refractivity contribution < 1.29 is 0 Å². The minimum atomic E-state index is 1.05. The molecule has 0 amide bonds. The summed E-state index contributed by atoms with van der Waals surface area (Å²) in [4.78, 5) is 8.11. The average molecular weight is 269 g/mol. The van der Waals surface area contributed by atoms with Crippen LogP contribution >= 0.6 is 11.3 Å². The zero-order valence-corrected chi connectivity index (χ0v) is 12.9. The van der Waals surface area contributed by atoms with Crippen LogP contribution in [0.2, 0.25) is 0 Å². The zero-order valence-electron chi connectivity index (χ0n) is 12.0. The van der Waals surface area contributed by atoms with Crippen LogP contribution in [0.1, 0.15) is 43.2 Å². The molecule has 0 aliphatic carbocycles. The molecule has 104 valence electrons. The number of hydrogen-bond acceptors (Lipinski definition) is 4. The molecular formula is C14H27N3S. The van der Waals surface area contributed by atoms with E-state index in [2.05, 4.69) is 36.1 Å². The number of rotatable bonds is 10. The van der Waals surface area contributed by atoms with Crippen LogP contribution in [0.5, 0.6) is 0 Å². The van der Waals surface area contributed by atoms with Crippen molar-refractivity contribution >= 4 is 11.3 Å². The van der Waals surface area contributed by atoms with Gasteiger partial charge in [0.15, 0.2) is 0 Å². The molecule has 0 atom stereocenters. The molecule has 18 heavy (non-hydrogen) atoms. The lowest BCUT2D eigenvalue weighted by atomic mass is 10.2. The van der Waals surface area contributed by atoms with E-state index in [1.54, 1.807) is 11.3 Å². The minimum absolute atomic E-state index is 1.05. The number of aromatic nitrogens is 1. The van der Waals surface area contributed by atoms with Crippen LogP contribution in [-0.4, -0.2) is 36.6 Å². The Bertz CT molecular complexity index is 312. The van der Waals surface area contributed by atoms with Crippen molar-refractivity contribution in [3.63, 3.8) is 0 Å². The first-order valence-corrected chi connectivity index (χ1v) is 7.90. The second-order valence-electron chi connectivity index (χ2n) is 4.87. The van der Waals surface area contributed by atoms with E-state index >= 15 is 0 Å². The van der Waals surface area contributed by atoms with Gasteiger partial charge in [-0.05, 0) is 46.4 Å². The molecule has 0 saturated carbocycles. The first-order valence-electron chi connectivity index (χ1n) is 7.02. The average Bonchev–Trinajstić information content (AvgIpc) is 2.74. The molecule has 0 unspecified atom stereocenters. The number of hydrogen-bond donors (Lipinski definition) is 1. The minimum Gasteiger partial charge on any atom is -0.317 e. The molecular weight excluding hydrogens is 242 g/mol. The largest absolute Gasteiger partial charge is 0.317 e. The highest BCUT2D eigenvalue weighted by atomic mass is 32.1. The van der Waals surface area contributed by atoms with Gasteiger partial charge in [-0.2, -0.15) is 0 Å². The van der Waals surface area contributed by atoms with Crippen molar-refractivity contribution in [2.45, 2.75) is 46.1 Å². The smallest absolute Gasteiger partial charge is 0.0798 e. The lowest BCUT2D eigenvalue weighted by molar-refractivity contribution is 0.318. The predicted molar refractivity (Wildman–Crippen MR) is 80.2 cm³/mol. The van der Waals surface area contributed by atoms with E-state index in [1.165, 1.54) is 49.3 Å². The Morgan fingerprint density at radius 3 is 2.72 bits per heavy atom. The number of aryl methyl sites for hydroxylation is 1. The Morgan fingerprint density at radius 2 is 2.06 bits per heavy atom. The summed E-state index contributed by atoms with van der Waals surface area (Å²) in [5.41, 5.74) is 3.14. The Labute approximate surface area is 116 Å². The number of nitrogens with zero attached hydrogens (tertiary/aromatic N) is 2. The van der Waals surface area contributed by atoms with Gasteiger partial charge in [0.1, 0.15) is 0 Å². The van der Waals surface area contributed by atoms with Crippen LogP contribution in [0.4, 0.5) is 0 Å². The van der Waals surface area contributed by atoms with Crippen LogP contribution in [-0.2, 0) is 6.54 Å². The molecule has 0 aliphatic heterocycles. The number of nitrogens with one attached hydrogen (secondary N) is 1. The van der Waals surface area contributed by atoms with Gasteiger partial charge in [-0.15, -0.1) is 11.3 Å². The third-order valence-electron chi connectivity index (χ3n) is 3.15. The van der Waals surface area contributed by atoms with E-state index in [1.807, 2.05) is 5.51 Å². The van der Waals surface area contributed by atoms with Crippen molar-refractivity contribution in [2.24, 2.45) is 0 Å². The monoisotopic (exact) mass is 269 g/mol. The number of thiazole rings is 1. The molecule has 0 spiro atoms. The molecule has 0 bridgehead atoms. The fourth-order valence-corrected chi connectivity index (χ4v) is 2.82. The van der Waals surface area contributed by atoms with Crippen LogP contribution < -0.4 is 5.32 Å². The second-order valence-corrected chi connectivity index (χ2v) is 5.81. The molecule has 1 aromatic rings. The van der Waals surface area contributed by atoms with E-state index < -0.39 is 0 Å². The summed E-state index contributed by atoms with van der Waals surface area (Å²) >= 11 is 1.77. The molecule has 1 N–H and O–H groups in total. The molecule has 1 rings (SSSR count). The topological polar surface area (TPSA) is 28.2 Å². The van der Waals surface area contributed by atoms with Gasteiger partial charge in [-0.25, -0.2) is 4.98 Å². The Morgan fingerprint density at radius 1 is 1.28 bits per heavy atom. The Balaban J connectivity index is 2.00. The van der Waals surface area contributed by atoms with Crippen LogP contribution in [0.3, 0.4) is 0 Å². The predicted octanol–water partition coefficient (Wildman–Crippen LogP) is 3.05. The maximum Gasteiger partial charge on any atom is 0.0798 e. The quantitative estimate of drug-likeness (QED) is 0.662. The van der Waals surface area contributed by atoms with E-state index in [0.29, 0.717) is 0 Å². The summed E-state index contributed by atoms with van der Waals surface area (Å²) in [7, 11) is 2.21. The van der Waals surface area contributed by atoms with Gasteiger partial charge in [0.2, 0.25) is 0 Å². The standard InChI is InChI=1S/C14H27N3S/c1-4-15-9-7-5-6-8-10-17(3)11-14-13(2)16-12-18-14/h12,15H,4-11H2,1-3H3. The van der Waals surface area contributed by atoms with E-state index in [4.69, 9.17) is 0 Å². The Hall–Kier alpha value is -0.450. The molecule has 0 aliphatic rings. The van der Waals surface area contributed by atoms with Gasteiger partial charge >= 0.3 is 0 Å². The van der Waals surface area contributed by atoms with Crippen molar-refractivity contribution in [1.82, 2.24) is 15.2 Å². The van der Waals surface area contributed by atoms with Crippen molar-refractivity contribution in [3.8, 4) is 0 Å². The van der Waals surface area contributed by atoms with Crippen molar-refractivity contribution in [3.05, 3.63) is 16.1 Å². The summed E-state index contributed by atoms with van der Waals surface area (Å²) in [6.45, 7) is 8.77. The third kappa shape index (κ3) is 6.47. The van der Waals surface area contributed by atoms with Gasteiger partial charge in [-0.1, -0.05) is 19.8 Å². The Kier molecular flexibility index (Phi) is 8.22. The molecule has 0 radical (unpaired) electrons. The first kappa shape index (κ1) is 15.6. The van der Waals surface area contributed by atoms with Gasteiger partial charge in [0, 0.05) is 11.4 Å². The normalized spacial score (nSPS) is 11.3. The SMILES string of the molecule is CCNCCCCCCN(C)Cc1scnc1C. The lowest BCUT2D eigenvalue weighted by Crippen LogP contribution is -2.19. The van der Waals surface area contributed by atoms with Crippen LogP contribution in [0.25, 0.3) is 0 Å². The molecule has 1 heterocycles. The summed E-state index contributed by atoms with van der Waals surface area (Å²) < 4.78 is 0. The fraction of sp³-hybridized carbons (Fsp3) is 0.786. The summed E-state index contributed by atoms with van der Waals surface area (Å²) in [6.07, 6.45) is 5.31.